The highest BCUT2D eigenvalue weighted by Gasteiger charge is 2.11. The van der Waals surface area contributed by atoms with Gasteiger partial charge in [-0.05, 0) is 36.8 Å². The first kappa shape index (κ1) is 18.2. The van der Waals surface area contributed by atoms with Crippen molar-refractivity contribution in [3.63, 3.8) is 0 Å². The fourth-order valence-corrected chi connectivity index (χ4v) is 3.77. The standard InChI is InChI=1S/C18H18N4O2S2/c1-12-8-9-15(24-2)14(10-12)20-16(23)11-25-18-22-21-17(26-18)19-13-6-4-3-5-7-13/h3-10H,11H2,1-2H3,(H,19,21)(H,20,23). The van der Waals surface area contributed by atoms with Gasteiger partial charge in [-0.1, -0.05) is 47.4 Å². The lowest BCUT2D eigenvalue weighted by molar-refractivity contribution is -0.113. The van der Waals surface area contributed by atoms with Crippen molar-refractivity contribution >= 4 is 45.5 Å². The van der Waals surface area contributed by atoms with Crippen molar-refractivity contribution in [2.75, 3.05) is 23.5 Å². The van der Waals surface area contributed by atoms with E-state index in [1.165, 1.54) is 23.1 Å². The van der Waals surface area contributed by atoms with Gasteiger partial charge in [0.1, 0.15) is 5.75 Å². The number of hydrogen-bond acceptors (Lipinski definition) is 7. The number of amides is 1. The number of aryl methyl sites for hydroxylation is 1. The minimum absolute atomic E-state index is 0.119. The Labute approximate surface area is 160 Å². The van der Waals surface area contributed by atoms with Crippen molar-refractivity contribution < 1.29 is 9.53 Å². The van der Waals surface area contributed by atoms with E-state index in [-0.39, 0.29) is 11.7 Å². The van der Waals surface area contributed by atoms with Gasteiger partial charge >= 0.3 is 0 Å². The Morgan fingerprint density at radius 2 is 2.00 bits per heavy atom. The van der Waals surface area contributed by atoms with E-state index in [0.29, 0.717) is 16.6 Å². The summed E-state index contributed by atoms with van der Waals surface area (Å²) in [7, 11) is 1.58. The monoisotopic (exact) mass is 386 g/mol. The van der Waals surface area contributed by atoms with Gasteiger partial charge in [-0.25, -0.2) is 0 Å². The van der Waals surface area contributed by atoms with E-state index in [9.17, 15) is 4.79 Å². The quantitative estimate of drug-likeness (QED) is 0.589. The van der Waals surface area contributed by atoms with E-state index >= 15 is 0 Å². The molecule has 2 N–H and O–H groups in total. The summed E-state index contributed by atoms with van der Waals surface area (Å²) >= 11 is 2.76. The molecule has 3 rings (SSSR count). The molecule has 1 aromatic heterocycles. The maximum atomic E-state index is 12.2. The number of carbonyl (C=O) groups excluding carboxylic acids is 1. The molecule has 2 aromatic carbocycles. The lowest BCUT2D eigenvalue weighted by atomic mass is 10.2. The summed E-state index contributed by atoms with van der Waals surface area (Å²) in [5.74, 6) is 0.766. The van der Waals surface area contributed by atoms with E-state index in [2.05, 4.69) is 20.8 Å². The second-order valence-electron chi connectivity index (χ2n) is 5.40. The van der Waals surface area contributed by atoms with E-state index in [0.717, 1.165) is 15.6 Å². The van der Waals surface area contributed by atoms with Gasteiger partial charge in [0.05, 0.1) is 18.6 Å². The molecule has 0 saturated heterocycles. The van der Waals surface area contributed by atoms with Gasteiger partial charge in [0.15, 0.2) is 4.34 Å². The third kappa shape index (κ3) is 4.96. The van der Waals surface area contributed by atoms with Crippen LogP contribution in [0.5, 0.6) is 5.75 Å². The highest BCUT2D eigenvalue weighted by molar-refractivity contribution is 8.01. The number of benzene rings is 2. The molecular formula is C18H18N4O2S2. The van der Waals surface area contributed by atoms with Crippen LogP contribution in [0.25, 0.3) is 0 Å². The Balaban J connectivity index is 1.54. The van der Waals surface area contributed by atoms with Crippen LogP contribution in [0.15, 0.2) is 52.9 Å². The van der Waals surface area contributed by atoms with Crippen molar-refractivity contribution in [3.8, 4) is 5.75 Å². The summed E-state index contributed by atoms with van der Waals surface area (Å²) in [6, 6.07) is 15.4. The van der Waals surface area contributed by atoms with E-state index in [4.69, 9.17) is 4.74 Å². The maximum Gasteiger partial charge on any atom is 0.234 e. The van der Waals surface area contributed by atoms with Crippen LogP contribution in [0.2, 0.25) is 0 Å². The number of nitrogens with zero attached hydrogens (tertiary/aromatic N) is 2. The van der Waals surface area contributed by atoms with Gasteiger partial charge < -0.3 is 15.4 Å². The second-order valence-corrected chi connectivity index (χ2v) is 7.60. The maximum absolute atomic E-state index is 12.2. The molecule has 0 atom stereocenters. The molecule has 1 heterocycles. The molecule has 26 heavy (non-hydrogen) atoms. The van der Waals surface area contributed by atoms with Crippen molar-refractivity contribution in [1.29, 1.82) is 0 Å². The number of ether oxygens (including phenoxy) is 1. The van der Waals surface area contributed by atoms with Gasteiger partial charge in [0, 0.05) is 5.69 Å². The highest BCUT2D eigenvalue weighted by atomic mass is 32.2. The first-order valence-corrected chi connectivity index (χ1v) is 9.67. The molecule has 3 aromatic rings. The average Bonchev–Trinajstić information content (AvgIpc) is 3.08. The summed E-state index contributed by atoms with van der Waals surface area (Å²) in [4.78, 5) is 12.2. The Morgan fingerprint density at radius 1 is 1.19 bits per heavy atom. The molecule has 0 saturated carbocycles. The number of anilines is 3. The Morgan fingerprint density at radius 3 is 2.77 bits per heavy atom. The number of nitrogens with one attached hydrogen (secondary N) is 2. The van der Waals surface area contributed by atoms with Crippen molar-refractivity contribution in [1.82, 2.24) is 10.2 Å². The molecule has 0 spiro atoms. The van der Waals surface area contributed by atoms with Crippen LogP contribution in [-0.2, 0) is 4.79 Å². The molecule has 1 amide bonds. The number of para-hydroxylation sites is 1. The number of carbonyl (C=O) groups is 1. The largest absolute Gasteiger partial charge is 0.495 e. The summed E-state index contributed by atoms with van der Waals surface area (Å²) in [5, 5.41) is 15.0. The number of thioether (sulfide) groups is 1. The minimum atomic E-state index is -0.119. The molecular weight excluding hydrogens is 368 g/mol. The average molecular weight is 387 g/mol. The first-order valence-electron chi connectivity index (χ1n) is 7.87. The Kier molecular flexibility index (Phi) is 6.08. The number of aromatic nitrogens is 2. The second kappa shape index (κ2) is 8.68. The zero-order chi connectivity index (χ0) is 18.4. The van der Waals surface area contributed by atoms with Crippen LogP contribution in [-0.4, -0.2) is 29.0 Å². The Hall–Kier alpha value is -2.58. The summed E-state index contributed by atoms with van der Waals surface area (Å²) in [6.45, 7) is 1.96. The fraction of sp³-hybridized carbons (Fsp3) is 0.167. The van der Waals surface area contributed by atoms with Gasteiger partial charge in [-0.3, -0.25) is 4.79 Å². The van der Waals surface area contributed by atoms with Crippen LogP contribution in [0, 0.1) is 6.92 Å². The number of rotatable bonds is 7. The molecule has 0 fully saturated rings. The third-order valence-electron chi connectivity index (χ3n) is 3.39. The van der Waals surface area contributed by atoms with Gasteiger partial charge in [-0.15, -0.1) is 10.2 Å². The molecule has 0 aliphatic heterocycles. The summed E-state index contributed by atoms with van der Waals surface area (Å²) in [6.07, 6.45) is 0. The predicted molar refractivity (Wildman–Crippen MR) is 107 cm³/mol. The molecule has 6 nitrogen and oxygen atoms in total. The van der Waals surface area contributed by atoms with Crippen LogP contribution < -0.4 is 15.4 Å². The highest BCUT2D eigenvalue weighted by Crippen LogP contribution is 2.29. The molecule has 8 heteroatoms. The number of methoxy groups -OCH3 is 1. The molecule has 0 unspecified atom stereocenters. The topological polar surface area (TPSA) is 76.1 Å². The molecule has 134 valence electrons. The normalized spacial score (nSPS) is 10.4. The Bertz CT molecular complexity index is 884. The lowest BCUT2D eigenvalue weighted by Crippen LogP contribution is -2.14. The van der Waals surface area contributed by atoms with Crippen LogP contribution in [0.4, 0.5) is 16.5 Å². The zero-order valence-electron chi connectivity index (χ0n) is 14.4. The summed E-state index contributed by atoms with van der Waals surface area (Å²) in [5.41, 5.74) is 2.67. The van der Waals surface area contributed by atoms with E-state index < -0.39 is 0 Å². The smallest absolute Gasteiger partial charge is 0.234 e. The summed E-state index contributed by atoms with van der Waals surface area (Å²) < 4.78 is 6.01. The minimum Gasteiger partial charge on any atom is -0.495 e. The molecule has 0 aliphatic rings. The van der Waals surface area contributed by atoms with Crippen LogP contribution in [0.1, 0.15) is 5.56 Å². The predicted octanol–water partition coefficient (Wildman–Crippen LogP) is 4.33. The zero-order valence-corrected chi connectivity index (χ0v) is 16.0. The van der Waals surface area contributed by atoms with E-state index in [1.807, 2.05) is 55.5 Å². The van der Waals surface area contributed by atoms with E-state index in [1.54, 1.807) is 7.11 Å². The van der Waals surface area contributed by atoms with Gasteiger partial charge in [-0.2, -0.15) is 0 Å². The van der Waals surface area contributed by atoms with Crippen LogP contribution >= 0.6 is 23.1 Å². The third-order valence-corrected chi connectivity index (χ3v) is 5.36. The molecule has 0 radical (unpaired) electrons. The van der Waals surface area contributed by atoms with Crippen molar-refractivity contribution in [2.45, 2.75) is 11.3 Å². The van der Waals surface area contributed by atoms with Gasteiger partial charge in [0.2, 0.25) is 11.0 Å². The number of hydrogen-bond donors (Lipinski definition) is 2. The fourth-order valence-electron chi connectivity index (χ4n) is 2.20. The molecule has 0 aliphatic carbocycles. The lowest BCUT2D eigenvalue weighted by Gasteiger charge is -2.10. The van der Waals surface area contributed by atoms with Gasteiger partial charge in [0.25, 0.3) is 0 Å². The van der Waals surface area contributed by atoms with Crippen molar-refractivity contribution in [3.05, 3.63) is 54.1 Å². The van der Waals surface area contributed by atoms with Crippen molar-refractivity contribution in [2.24, 2.45) is 0 Å². The first-order chi connectivity index (χ1) is 12.6. The molecule has 0 bridgehead atoms. The van der Waals surface area contributed by atoms with Crippen LogP contribution in [0.3, 0.4) is 0 Å². The SMILES string of the molecule is COc1ccc(C)cc1NC(=O)CSc1nnc(Nc2ccccc2)s1.